The van der Waals surface area contributed by atoms with Crippen LogP contribution in [-0.4, -0.2) is 26.9 Å². The number of carboxylic acid groups (broad SMARTS) is 1. The lowest BCUT2D eigenvalue weighted by Crippen LogP contribution is -2.08. The van der Waals surface area contributed by atoms with Crippen LogP contribution in [-0.2, 0) is 0 Å². The van der Waals surface area contributed by atoms with Gasteiger partial charge in [0.2, 0.25) is 0 Å². The number of phenols is 1. The predicted octanol–water partition coefficient (Wildman–Crippen LogP) is 2.46. The van der Waals surface area contributed by atoms with Gasteiger partial charge in [0.1, 0.15) is 11.3 Å². The van der Waals surface area contributed by atoms with Crippen LogP contribution < -0.4 is 5.84 Å². The number of hydrogen-bond acceptors (Lipinski definition) is 6. The minimum atomic E-state index is -1.23. The summed E-state index contributed by atoms with van der Waals surface area (Å²) in [4.78, 5) is 15.0. The van der Waals surface area contributed by atoms with E-state index < -0.39 is 5.97 Å². The third-order valence-electron chi connectivity index (χ3n) is 3.50. The van der Waals surface area contributed by atoms with E-state index in [1.54, 1.807) is 24.4 Å². The number of carboxylic acids is 1. The summed E-state index contributed by atoms with van der Waals surface area (Å²) in [5, 5.41) is 22.5. The van der Waals surface area contributed by atoms with E-state index in [0.29, 0.717) is 22.6 Å². The first-order valence-corrected chi connectivity index (χ1v) is 6.94. The first-order valence-electron chi connectivity index (χ1n) is 6.94. The summed E-state index contributed by atoms with van der Waals surface area (Å²) in [5.41, 5.74) is 2.21. The standard InChI is InChI=1S/C17H13N3O4/c18-20-16(12-5-6-14(21)13(7-12)17(22)23)11-3-1-10(2-4-11)15-8-19-9-24-15/h1-9,21H,18H2,(H,22,23)/b20-16-. The molecule has 0 saturated carbocycles. The molecule has 0 saturated heterocycles. The normalized spacial score (nSPS) is 11.4. The Morgan fingerprint density at radius 3 is 2.42 bits per heavy atom. The third-order valence-corrected chi connectivity index (χ3v) is 3.50. The average Bonchev–Trinajstić information content (AvgIpc) is 3.12. The highest BCUT2D eigenvalue weighted by atomic mass is 16.4. The van der Waals surface area contributed by atoms with E-state index in [2.05, 4.69) is 10.1 Å². The maximum absolute atomic E-state index is 11.1. The van der Waals surface area contributed by atoms with Crippen molar-refractivity contribution in [2.45, 2.75) is 0 Å². The molecule has 7 nitrogen and oxygen atoms in total. The van der Waals surface area contributed by atoms with E-state index in [1.807, 2.05) is 12.1 Å². The molecule has 3 rings (SSSR count). The molecular weight excluding hydrogens is 310 g/mol. The molecule has 24 heavy (non-hydrogen) atoms. The van der Waals surface area contributed by atoms with E-state index in [1.165, 1.54) is 18.5 Å². The summed E-state index contributed by atoms with van der Waals surface area (Å²) in [6.07, 6.45) is 2.95. The fourth-order valence-corrected chi connectivity index (χ4v) is 2.32. The fourth-order valence-electron chi connectivity index (χ4n) is 2.32. The number of carbonyl (C=O) groups is 1. The van der Waals surface area contributed by atoms with Crippen molar-refractivity contribution >= 4 is 11.7 Å². The van der Waals surface area contributed by atoms with Crippen molar-refractivity contribution in [3.63, 3.8) is 0 Å². The highest BCUT2D eigenvalue weighted by molar-refractivity contribution is 6.13. The highest BCUT2D eigenvalue weighted by Gasteiger charge is 2.14. The Bertz CT molecular complexity index is 900. The van der Waals surface area contributed by atoms with Crippen molar-refractivity contribution in [3.05, 3.63) is 71.7 Å². The van der Waals surface area contributed by atoms with Gasteiger partial charge in [-0.25, -0.2) is 9.78 Å². The minimum Gasteiger partial charge on any atom is -0.507 e. The van der Waals surface area contributed by atoms with Gasteiger partial charge in [0.05, 0.1) is 11.9 Å². The molecule has 4 N–H and O–H groups in total. The van der Waals surface area contributed by atoms with Crippen molar-refractivity contribution in [3.8, 4) is 17.1 Å². The van der Waals surface area contributed by atoms with Gasteiger partial charge in [-0.1, -0.05) is 24.3 Å². The van der Waals surface area contributed by atoms with Crippen LogP contribution >= 0.6 is 0 Å². The molecule has 1 aromatic heterocycles. The third kappa shape index (κ3) is 2.82. The number of hydrogen-bond donors (Lipinski definition) is 3. The van der Waals surface area contributed by atoms with Gasteiger partial charge in [0.15, 0.2) is 12.2 Å². The molecule has 0 bridgehead atoms. The maximum Gasteiger partial charge on any atom is 0.339 e. The molecule has 7 heteroatoms. The van der Waals surface area contributed by atoms with E-state index in [-0.39, 0.29) is 11.3 Å². The quantitative estimate of drug-likeness (QED) is 0.385. The lowest BCUT2D eigenvalue weighted by Gasteiger charge is -2.08. The van der Waals surface area contributed by atoms with Crippen LogP contribution in [0.5, 0.6) is 5.75 Å². The Balaban J connectivity index is 1.98. The van der Waals surface area contributed by atoms with Crippen LogP contribution in [0.1, 0.15) is 21.5 Å². The Kier molecular flexibility index (Phi) is 3.98. The lowest BCUT2D eigenvalue weighted by atomic mass is 9.98. The number of hydrazone groups is 1. The van der Waals surface area contributed by atoms with Gasteiger partial charge in [-0.3, -0.25) is 0 Å². The number of nitrogens with zero attached hydrogens (tertiary/aromatic N) is 2. The molecule has 0 atom stereocenters. The number of nitrogens with two attached hydrogens (primary N) is 1. The number of aromatic hydroxyl groups is 1. The first kappa shape index (κ1) is 15.3. The molecule has 0 aliphatic rings. The summed E-state index contributed by atoms with van der Waals surface area (Å²) in [6.45, 7) is 0. The predicted molar refractivity (Wildman–Crippen MR) is 86.8 cm³/mol. The Morgan fingerprint density at radius 1 is 1.12 bits per heavy atom. The SMILES string of the molecule is N/N=C(/c1ccc(-c2cnco2)cc1)c1ccc(O)c(C(=O)O)c1. The largest absolute Gasteiger partial charge is 0.507 e. The number of oxazole rings is 1. The number of rotatable bonds is 4. The summed E-state index contributed by atoms with van der Waals surface area (Å²) in [7, 11) is 0. The second kappa shape index (κ2) is 6.25. The summed E-state index contributed by atoms with van der Waals surface area (Å²) >= 11 is 0. The zero-order valence-electron chi connectivity index (χ0n) is 12.4. The van der Waals surface area contributed by atoms with Crippen molar-refractivity contribution in [2.75, 3.05) is 0 Å². The van der Waals surface area contributed by atoms with E-state index >= 15 is 0 Å². The molecule has 0 radical (unpaired) electrons. The van der Waals surface area contributed by atoms with Gasteiger partial charge < -0.3 is 20.5 Å². The number of aromatic carboxylic acids is 1. The molecule has 120 valence electrons. The van der Waals surface area contributed by atoms with E-state index in [0.717, 1.165) is 5.56 Å². The molecule has 0 aliphatic heterocycles. The summed E-state index contributed by atoms with van der Waals surface area (Å²) in [6, 6.07) is 11.4. The van der Waals surface area contributed by atoms with Crippen molar-refractivity contribution < 1.29 is 19.4 Å². The molecule has 0 aliphatic carbocycles. The molecule has 3 aromatic rings. The van der Waals surface area contributed by atoms with Crippen LogP contribution in [0.4, 0.5) is 0 Å². The Morgan fingerprint density at radius 2 is 1.83 bits per heavy atom. The molecule has 0 spiro atoms. The maximum atomic E-state index is 11.1. The average molecular weight is 323 g/mol. The van der Waals surface area contributed by atoms with Crippen LogP contribution in [0, 0.1) is 0 Å². The topological polar surface area (TPSA) is 122 Å². The van der Waals surface area contributed by atoms with E-state index in [9.17, 15) is 9.90 Å². The van der Waals surface area contributed by atoms with Crippen LogP contribution in [0.3, 0.4) is 0 Å². The van der Waals surface area contributed by atoms with Crippen molar-refractivity contribution in [2.24, 2.45) is 10.9 Å². The summed E-state index contributed by atoms with van der Waals surface area (Å²) < 4.78 is 5.23. The van der Waals surface area contributed by atoms with Gasteiger partial charge in [0, 0.05) is 16.7 Å². The molecule has 0 amide bonds. The Hall–Kier alpha value is -3.61. The second-order valence-electron chi connectivity index (χ2n) is 4.96. The lowest BCUT2D eigenvalue weighted by molar-refractivity contribution is 0.0693. The zero-order chi connectivity index (χ0) is 17.1. The zero-order valence-corrected chi connectivity index (χ0v) is 12.4. The van der Waals surface area contributed by atoms with Crippen LogP contribution in [0.2, 0.25) is 0 Å². The van der Waals surface area contributed by atoms with Crippen molar-refractivity contribution in [1.29, 1.82) is 0 Å². The summed E-state index contributed by atoms with van der Waals surface area (Å²) in [5.74, 6) is 4.57. The van der Waals surface area contributed by atoms with Gasteiger partial charge in [-0.2, -0.15) is 5.10 Å². The molecular formula is C17H13N3O4. The minimum absolute atomic E-state index is 0.216. The smallest absolute Gasteiger partial charge is 0.339 e. The fraction of sp³-hybridized carbons (Fsp3) is 0. The van der Waals surface area contributed by atoms with Crippen molar-refractivity contribution in [1.82, 2.24) is 4.98 Å². The Labute approximate surface area is 136 Å². The van der Waals surface area contributed by atoms with Gasteiger partial charge in [0.25, 0.3) is 0 Å². The monoisotopic (exact) mass is 323 g/mol. The molecule has 1 heterocycles. The molecule has 0 fully saturated rings. The van der Waals surface area contributed by atoms with Crippen LogP contribution in [0.15, 0.2) is 64.6 Å². The highest BCUT2D eigenvalue weighted by Crippen LogP contribution is 2.23. The van der Waals surface area contributed by atoms with Crippen LogP contribution in [0.25, 0.3) is 11.3 Å². The van der Waals surface area contributed by atoms with Gasteiger partial charge in [-0.15, -0.1) is 0 Å². The van der Waals surface area contributed by atoms with Gasteiger partial charge in [-0.05, 0) is 18.2 Å². The number of aromatic nitrogens is 1. The molecule has 0 unspecified atom stereocenters. The second-order valence-corrected chi connectivity index (χ2v) is 4.96. The first-order chi connectivity index (χ1) is 11.6. The number of benzene rings is 2. The van der Waals surface area contributed by atoms with Gasteiger partial charge >= 0.3 is 5.97 Å². The van der Waals surface area contributed by atoms with E-state index in [4.69, 9.17) is 15.4 Å². The molecule has 2 aromatic carbocycles.